The van der Waals surface area contributed by atoms with Crippen molar-refractivity contribution in [2.24, 2.45) is 0 Å². The molecule has 1 aliphatic heterocycles. The lowest BCUT2D eigenvalue weighted by molar-refractivity contribution is 0.424. The van der Waals surface area contributed by atoms with Crippen LogP contribution in [0.3, 0.4) is 0 Å². The van der Waals surface area contributed by atoms with Gasteiger partial charge in [-0.1, -0.05) is 0 Å². The highest BCUT2D eigenvalue weighted by Gasteiger charge is 2.26. The highest BCUT2D eigenvalue weighted by atomic mass is 127. The second kappa shape index (κ2) is 3.88. The Labute approximate surface area is 105 Å². The van der Waals surface area contributed by atoms with Crippen molar-refractivity contribution in [3.63, 3.8) is 0 Å². The van der Waals surface area contributed by atoms with Crippen molar-refractivity contribution in [3.05, 3.63) is 37.7 Å². The van der Waals surface area contributed by atoms with Gasteiger partial charge in [0.15, 0.2) is 0 Å². The Morgan fingerprint density at radius 3 is 3.33 bits per heavy atom. The minimum Gasteiger partial charge on any atom is -0.467 e. The summed E-state index contributed by atoms with van der Waals surface area (Å²) in [4.78, 5) is 4.41. The molecular formula is C10H9IN2OS. The molecule has 3 heterocycles. The fourth-order valence-electron chi connectivity index (χ4n) is 1.85. The largest absolute Gasteiger partial charge is 0.467 e. The van der Waals surface area contributed by atoms with E-state index in [1.54, 1.807) is 17.6 Å². The van der Waals surface area contributed by atoms with Crippen LogP contribution in [0.2, 0.25) is 0 Å². The first kappa shape index (κ1) is 9.80. The van der Waals surface area contributed by atoms with Gasteiger partial charge < -0.3 is 9.73 Å². The van der Waals surface area contributed by atoms with Crippen molar-refractivity contribution in [1.29, 1.82) is 0 Å². The van der Waals surface area contributed by atoms with Crippen LogP contribution in [0.5, 0.6) is 0 Å². The molecule has 2 aromatic rings. The Balaban J connectivity index is 2.02. The fourth-order valence-corrected chi connectivity index (χ4v) is 3.39. The van der Waals surface area contributed by atoms with Crippen LogP contribution in [0.25, 0.3) is 0 Å². The van der Waals surface area contributed by atoms with Crippen molar-refractivity contribution >= 4 is 33.9 Å². The van der Waals surface area contributed by atoms with Crippen LogP contribution >= 0.6 is 33.9 Å². The molecule has 2 aromatic heterocycles. The Bertz CT molecular complexity index is 479. The Hall–Kier alpha value is -0.400. The van der Waals surface area contributed by atoms with E-state index in [4.69, 9.17) is 4.42 Å². The molecule has 0 spiro atoms. The average Bonchev–Trinajstić information content (AvgIpc) is 2.84. The summed E-state index contributed by atoms with van der Waals surface area (Å²) in [5, 5.41) is 4.53. The summed E-state index contributed by atoms with van der Waals surface area (Å²) in [7, 11) is 0. The van der Waals surface area contributed by atoms with E-state index in [-0.39, 0.29) is 6.04 Å². The number of fused-ring (bicyclic) bond motifs is 1. The molecule has 1 atom stereocenters. The topological polar surface area (TPSA) is 38.1 Å². The Morgan fingerprint density at radius 2 is 2.53 bits per heavy atom. The lowest BCUT2D eigenvalue weighted by atomic mass is 10.0. The van der Waals surface area contributed by atoms with Gasteiger partial charge in [-0.15, -0.1) is 11.3 Å². The molecule has 78 valence electrons. The van der Waals surface area contributed by atoms with Crippen molar-refractivity contribution in [1.82, 2.24) is 10.3 Å². The number of rotatable bonds is 1. The zero-order chi connectivity index (χ0) is 10.3. The third-order valence-electron chi connectivity index (χ3n) is 2.53. The van der Waals surface area contributed by atoms with Gasteiger partial charge in [0.05, 0.1) is 15.3 Å². The van der Waals surface area contributed by atoms with Crippen molar-refractivity contribution in [2.45, 2.75) is 12.5 Å². The summed E-state index contributed by atoms with van der Waals surface area (Å²) in [6, 6.07) is 2.21. The van der Waals surface area contributed by atoms with Gasteiger partial charge in [0.25, 0.3) is 0 Å². The first-order valence-electron chi connectivity index (χ1n) is 4.75. The highest BCUT2D eigenvalue weighted by molar-refractivity contribution is 14.1. The number of furan rings is 1. The predicted molar refractivity (Wildman–Crippen MR) is 67.1 cm³/mol. The van der Waals surface area contributed by atoms with Crippen molar-refractivity contribution in [2.75, 3.05) is 6.54 Å². The Kier molecular flexibility index (Phi) is 2.53. The van der Waals surface area contributed by atoms with Crippen LogP contribution in [0, 0.1) is 2.88 Å². The zero-order valence-corrected chi connectivity index (χ0v) is 10.8. The molecule has 0 aliphatic carbocycles. The first-order valence-corrected chi connectivity index (χ1v) is 6.65. The fraction of sp³-hybridized carbons (Fsp3) is 0.300. The number of halogens is 1. The Morgan fingerprint density at radius 1 is 1.60 bits per heavy atom. The molecule has 3 nitrogen and oxygen atoms in total. The van der Waals surface area contributed by atoms with Crippen LogP contribution in [0.4, 0.5) is 0 Å². The van der Waals surface area contributed by atoms with Gasteiger partial charge in [-0.2, -0.15) is 0 Å². The molecule has 0 fully saturated rings. The van der Waals surface area contributed by atoms with E-state index in [9.17, 15) is 0 Å². The SMILES string of the molecule is Ic1cnc(C2NCCc3ccoc32)s1. The van der Waals surface area contributed by atoms with Crippen LogP contribution in [0.15, 0.2) is 22.9 Å². The average molecular weight is 332 g/mol. The quantitative estimate of drug-likeness (QED) is 0.816. The van der Waals surface area contributed by atoms with E-state index in [2.05, 4.69) is 39.0 Å². The maximum absolute atomic E-state index is 5.53. The van der Waals surface area contributed by atoms with Crippen molar-refractivity contribution in [3.8, 4) is 0 Å². The summed E-state index contributed by atoms with van der Waals surface area (Å²) < 4.78 is 6.75. The van der Waals surface area contributed by atoms with Gasteiger partial charge in [0, 0.05) is 6.54 Å². The minimum atomic E-state index is 0.150. The number of hydrogen-bond acceptors (Lipinski definition) is 4. The van der Waals surface area contributed by atoms with E-state index in [0.717, 1.165) is 23.7 Å². The molecule has 1 N–H and O–H groups in total. The predicted octanol–water partition coefficient (Wildman–Crippen LogP) is 2.58. The van der Waals surface area contributed by atoms with E-state index < -0.39 is 0 Å². The lowest BCUT2D eigenvalue weighted by Gasteiger charge is -2.20. The number of aromatic nitrogens is 1. The van der Waals surface area contributed by atoms with E-state index in [1.165, 1.54) is 8.45 Å². The second-order valence-corrected chi connectivity index (χ2v) is 6.41. The third kappa shape index (κ3) is 1.72. The number of hydrogen-bond donors (Lipinski definition) is 1. The maximum Gasteiger partial charge on any atom is 0.130 e. The molecule has 0 bridgehead atoms. The second-order valence-electron chi connectivity index (χ2n) is 3.45. The van der Waals surface area contributed by atoms with Gasteiger partial charge >= 0.3 is 0 Å². The molecular weight excluding hydrogens is 323 g/mol. The molecule has 0 aromatic carbocycles. The smallest absolute Gasteiger partial charge is 0.130 e. The van der Waals surface area contributed by atoms with Gasteiger partial charge in [-0.25, -0.2) is 4.98 Å². The maximum atomic E-state index is 5.53. The van der Waals surface area contributed by atoms with Gasteiger partial charge in [0.2, 0.25) is 0 Å². The summed E-state index contributed by atoms with van der Waals surface area (Å²) in [6.45, 7) is 0.993. The molecule has 15 heavy (non-hydrogen) atoms. The normalized spacial score (nSPS) is 20.2. The van der Waals surface area contributed by atoms with Crippen LogP contribution in [-0.4, -0.2) is 11.5 Å². The molecule has 1 unspecified atom stereocenters. The van der Waals surface area contributed by atoms with Gasteiger partial charge in [0.1, 0.15) is 16.8 Å². The summed E-state index contributed by atoms with van der Waals surface area (Å²) >= 11 is 4.01. The molecule has 0 radical (unpaired) electrons. The van der Waals surface area contributed by atoms with Crippen molar-refractivity contribution < 1.29 is 4.42 Å². The summed E-state index contributed by atoms with van der Waals surface area (Å²) in [6.07, 6.45) is 4.72. The summed E-state index contributed by atoms with van der Waals surface area (Å²) in [5.41, 5.74) is 1.31. The van der Waals surface area contributed by atoms with Gasteiger partial charge in [-0.05, 0) is 40.6 Å². The van der Waals surface area contributed by atoms with Crippen LogP contribution in [-0.2, 0) is 6.42 Å². The molecule has 5 heteroatoms. The first-order chi connectivity index (χ1) is 7.34. The summed E-state index contributed by atoms with van der Waals surface area (Å²) in [5.74, 6) is 1.03. The molecule has 3 rings (SSSR count). The monoisotopic (exact) mass is 332 g/mol. The number of thiazole rings is 1. The van der Waals surface area contributed by atoms with E-state index in [0.29, 0.717) is 0 Å². The number of nitrogens with one attached hydrogen (secondary N) is 1. The highest BCUT2D eigenvalue weighted by Crippen LogP contribution is 2.31. The lowest BCUT2D eigenvalue weighted by Crippen LogP contribution is -2.29. The van der Waals surface area contributed by atoms with E-state index >= 15 is 0 Å². The molecule has 0 amide bonds. The standard InChI is InChI=1S/C10H9IN2OS/c11-7-5-13-10(15-7)8-9-6(1-3-12-8)2-4-14-9/h2,4-5,8,12H,1,3H2. The van der Waals surface area contributed by atoms with Crippen LogP contribution in [0.1, 0.15) is 22.4 Å². The third-order valence-corrected chi connectivity index (χ3v) is 4.32. The van der Waals surface area contributed by atoms with Crippen LogP contribution < -0.4 is 5.32 Å². The molecule has 1 aliphatic rings. The molecule has 0 saturated carbocycles. The zero-order valence-electron chi connectivity index (χ0n) is 7.87. The minimum absolute atomic E-state index is 0.150. The van der Waals surface area contributed by atoms with E-state index in [1.807, 2.05) is 6.20 Å². The number of nitrogens with zero attached hydrogens (tertiary/aromatic N) is 1. The molecule has 0 saturated heterocycles. The van der Waals surface area contributed by atoms with Gasteiger partial charge in [-0.3, -0.25) is 0 Å².